The normalized spacial score (nSPS) is 12.6. The van der Waals surface area contributed by atoms with Crippen LogP contribution in [-0.2, 0) is 11.4 Å². The zero-order chi connectivity index (χ0) is 27.8. The SMILES string of the molecule is COc1cc(/C=N/NC(=O)C(NC(=O)c2ccc3c(c2)OCO3)C(C)C)ccc1OCc1ccccc1C#N. The summed E-state index contributed by atoms with van der Waals surface area (Å²) in [5.74, 6) is 0.952. The molecule has 1 unspecified atom stereocenters. The second-order valence-electron chi connectivity index (χ2n) is 8.97. The molecule has 0 aromatic heterocycles. The summed E-state index contributed by atoms with van der Waals surface area (Å²) in [6.07, 6.45) is 1.46. The number of methoxy groups -OCH3 is 1. The van der Waals surface area contributed by atoms with Crippen LogP contribution >= 0.6 is 0 Å². The Morgan fingerprint density at radius 3 is 2.64 bits per heavy atom. The van der Waals surface area contributed by atoms with E-state index in [0.29, 0.717) is 39.7 Å². The van der Waals surface area contributed by atoms with Crippen LogP contribution in [0.1, 0.15) is 40.9 Å². The third-order valence-electron chi connectivity index (χ3n) is 5.97. The second-order valence-corrected chi connectivity index (χ2v) is 8.97. The fourth-order valence-corrected chi connectivity index (χ4v) is 3.83. The van der Waals surface area contributed by atoms with Gasteiger partial charge in [-0.05, 0) is 53.9 Å². The summed E-state index contributed by atoms with van der Waals surface area (Å²) in [4.78, 5) is 25.6. The van der Waals surface area contributed by atoms with E-state index < -0.39 is 17.9 Å². The van der Waals surface area contributed by atoms with E-state index in [2.05, 4.69) is 21.9 Å². The maximum atomic E-state index is 12.8. The Morgan fingerprint density at radius 2 is 1.87 bits per heavy atom. The molecule has 0 bridgehead atoms. The number of benzene rings is 3. The van der Waals surface area contributed by atoms with Gasteiger partial charge in [0, 0.05) is 11.1 Å². The number of nitriles is 1. The van der Waals surface area contributed by atoms with E-state index >= 15 is 0 Å². The highest BCUT2D eigenvalue weighted by Gasteiger charge is 2.25. The van der Waals surface area contributed by atoms with Gasteiger partial charge in [-0.3, -0.25) is 9.59 Å². The van der Waals surface area contributed by atoms with E-state index in [4.69, 9.17) is 18.9 Å². The Bertz CT molecular complexity index is 1430. The van der Waals surface area contributed by atoms with Crippen LogP contribution < -0.4 is 29.7 Å². The summed E-state index contributed by atoms with van der Waals surface area (Å²) in [5, 5.41) is 16.1. The monoisotopic (exact) mass is 528 g/mol. The number of hydrazone groups is 1. The zero-order valence-electron chi connectivity index (χ0n) is 21.8. The third kappa shape index (κ3) is 6.64. The molecule has 3 aromatic carbocycles. The Labute approximate surface area is 226 Å². The van der Waals surface area contributed by atoms with Crippen molar-refractivity contribution in [2.75, 3.05) is 13.9 Å². The number of nitrogens with one attached hydrogen (secondary N) is 2. The fraction of sp³-hybridized carbons (Fsp3) is 0.241. The minimum Gasteiger partial charge on any atom is -0.493 e. The van der Waals surface area contributed by atoms with Gasteiger partial charge in [0.15, 0.2) is 23.0 Å². The average molecular weight is 529 g/mol. The number of nitrogens with zero attached hydrogens (tertiary/aromatic N) is 2. The number of hydrogen-bond donors (Lipinski definition) is 2. The van der Waals surface area contributed by atoms with Gasteiger partial charge in [-0.1, -0.05) is 32.0 Å². The first-order chi connectivity index (χ1) is 18.9. The second kappa shape index (κ2) is 12.5. The molecular weight excluding hydrogens is 500 g/mol. The number of fused-ring (bicyclic) bond motifs is 1. The maximum Gasteiger partial charge on any atom is 0.262 e. The quantitative estimate of drug-likeness (QED) is 0.302. The average Bonchev–Trinajstić information content (AvgIpc) is 3.43. The highest BCUT2D eigenvalue weighted by atomic mass is 16.7. The molecular formula is C29H28N4O6. The van der Waals surface area contributed by atoms with Gasteiger partial charge in [0.25, 0.3) is 11.8 Å². The molecule has 0 saturated carbocycles. The molecule has 1 aliphatic heterocycles. The topological polar surface area (TPSA) is 131 Å². The minimum absolute atomic E-state index is 0.105. The van der Waals surface area contributed by atoms with Crippen molar-refractivity contribution in [1.29, 1.82) is 5.26 Å². The predicted octanol–water partition coefficient (Wildman–Crippen LogP) is 3.78. The molecule has 1 heterocycles. The van der Waals surface area contributed by atoms with Crippen LogP contribution in [0.2, 0.25) is 0 Å². The van der Waals surface area contributed by atoms with E-state index in [-0.39, 0.29) is 19.3 Å². The van der Waals surface area contributed by atoms with Gasteiger partial charge in [-0.2, -0.15) is 10.4 Å². The molecule has 0 fully saturated rings. The van der Waals surface area contributed by atoms with Gasteiger partial charge in [0.05, 0.1) is 25.0 Å². The van der Waals surface area contributed by atoms with Gasteiger partial charge in [-0.15, -0.1) is 0 Å². The van der Waals surface area contributed by atoms with Gasteiger partial charge in [0.2, 0.25) is 6.79 Å². The minimum atomic E-state index is -0.818. The molecule has 1 aliphatic rings. The summed E-state index contributed by atoms with van der Waals surface area (Å²) in [6, 6.07) is 18.6. The van der Waals surface area contributed by atoms with E-state index in [1.165, 1.54) is 13.3 Å². The summed E-state index contributed by atoms with van der Waals surface area (Å²) >= 11 is 0. The molecule has 39 heavy (non-hydrogen) atoms. The molecule has 3 aromatic rings. The first kappa shape index (κ1) is 27.0. The Morgan fingerprint density at radius 1 is 1.08 bits per heavy atom. The Balaban J connectivity index is 1.36. The lowest BCUT2D eigenvalue weighted by Crippen LogP contribution is -2.48. The predicted molar refractivity (Wildman–Crippen MR) is 143 cm³/mol. The van der Waals surface area contributed by atoms with Crippen LogP contribution in [0, 0.1) is 17.2 Å². The molecule has 0 spiro atoms. The fourth-order valence-electron chi connectivity index (χ4n) is 3.83. The lowest BCUT2D eigenvalue weighted by atomic mass is 10.0. The van der Waals surface area contributed by atoms with Gasteiger partial charge in [0.1, 0.15) is 12.6 Å². The van der Waals surface area contributed by atoms with Crippen molar-refractivity contribution in [2.45, 2.75) is 26.5 Å². The van der Waals surface area contributed by atoms with Crippen LogP contribution in [0.15, 0.2) is 65.8 Å². The Kier molecular flexibility index (Phi) is 8.64. The van der Waals surface area contributed by atoms with Crippen molar-refractivity contribution < 1.29 is 28.5 Å². The molecule has 4 rings (SSSR count). The molecule has 2 amide bonds. The number of rotatable bonds is 10. The summed E-state index contributed by atoms with van der Waals surface area (Å²) in [7, 11) is 1.52. The lowest BCUT2D eigenvalue weighted by molar-refractivity contribution is -0.123. The zero-order valence-corrected chi connectivity index (χ0v) is 21.8. The van der Waals surface area contributed by atoms with Crippen molar-refractivity contribution in [2.24, 2.45) is 11.0 Å². The van der Waals surface area contributed by atoms with Gasteiger partial charge < -0.3 is 24.3 Å². The van der Waals surface area contributed by atoms with Crippen molar-refractivity contribution in [3.63, 3.8) is 0 Å². The summed E-state index contributed by atoms with van der Waals surface area (Å²) < 4.78 is 21.9. The maximum absolute atomic E-state index is 12.8. The number of hydrogen-bond acceptors (Lipinski definition) is 8. The van der Waals surface area contributed by atoms with E-state index in [9.17, 15) is 14.9 Å². The molecule has 0 radical (unpaired) electrons. The van der Waals surface area contributed by atoms with Crippen LogP contribution in [0.25, 0.3) is 0 Å². The molecule has 10 nitrogen and oxygen atoms in total. The smallest absolute Gasteiger partial charge is 0.262 e. The molecule has 200 valence electrons. The number of amides is 2. The van der Waals surface area contributed by atoms with Crippen LogP contribution in [0.5, 0.6) is 23.0 Å². The number of ether oxygens (including phenoxy) is 4. The molecule has 0 aliphatic carbocycles. The number of carbonyl (C=O) groups excluding carboxylic acids is 2. The van der Waals surface area contributed by atoms with Crippen molar-refractivity contribution in [3.05, 3.63) is 82.9 Å². The first-order valence-electron chi connectivity index (χ1n) is 12.2. The molecule has 2 N–H and O–H groups in total. The van der Waals surface area contributed by atoms with Crippen LogP contribution in [-0.4, -0.2) is 38.0 Å². The lowest BCUT2D eigenvalue weighted by Gasteiger charge is -2.20. The summed E-state index contributed by atoms with van der Waals surface area (Å²) in [6.45, 7) is 3.96. The third-order valence-corrected chi connectivity index (χ3v) is 5.97. The molecule has 10 heteroatoms. The van der Waals surface area contributed by atoms with E-state index in [1.807, 2.05) is 26.0 Å². The molecule has 0 saturated heterocycles. The van der Waals surface area contributed by atoms with Crippen LogP contribution in [0.3, 0.4) is 0 Å². The number of carbonyl (C=O) groups is 2. The first-order valence-corrected chi connectivity index (χ1v) is 12.2. The molecule has 1 atom stereocenters. The van der Waals surface area contributed by atoms with Crippen molar-refractivity contribution in [1.82, 2.24) is 10.7 Å². The van der Waals surface area contributed by atoms with Gasteiger partial charge in [-0.25, -0.2) is 5.43 Å². The largest absolute Gasteiger partial charge is 0.493 e. The highest BCUT2D eigenvalue weighted by Crippen LogP contribution is 2.32. The summed E-state index contributed by atoms with van der Waals surface area (Å²) in [5.41, 5.74) is 4.81. The Hall–Kier alpha value is -5.04. The van der Waals surface area contributed by atoms with Crippen LogP contribution in [0.4, 0.5) is 0 Å². The van der Waals surface area contributed by atoms with E-state index in [0.717, 1.165) is 5.56 Å². The van der Waals surface area contributed by atoms with E-state index in [1.54, 1.807) is 48.5 Å². The van der Waals surface area contributed by atoms with Crippen molar-refractivity contribution in [3.8, 4) is 29.1 Å². The highest BCUT2D eigenvalue weighted by molar-refractivity contribution is 5.98. The van der Waals surface area contributed by atoms with Gasteiger partial charge >= 0.3 is 0 Å². The standard InChI is InChI=1S/C29H28N4O6/c1-18(2)27(32-28(34)20-9-11-24-26(13-20)39-17-38-24)29(35)33-31-15-19-8-10-23(25(12-19)36-3)37-16-22-7-5-4-6-21(22)14-30/h4-13,15,18,27H,16-17H2,1-3H3,(H,32,34)(H,33,35)/b31-15+. The van der Waals surface area contributed by atoms with Crippen molar-refractivity contribution >= 4 is 18.0 Å².